The maximum Gasteiger partial charge on any atom is 0.263 e. The summed E-state index contributed by atoms with van der Waals surface area (Å²) in [6.45, 7) is 2.66. The van der Waals surface area contributed by atoms with E-state index in [0.29, 0.717) is 19.0 Å². The molecule has 0 fully saturated rings. The topological polar surface area (TPSA) is 67.2 Å². The molecule has 0 unspecified atom stereocenters. The molecule has 0 aliphatic heterocycles. The highest BCUT2D eigenvalue weighted by Crippen LogP contribution is 2.33. The molecule has 1 aromatic carbocycles. The van der Waals surface area contributed by atoms with Gasteiger partial charge in [-0.1, -0.05) is 36.8 Å². The van der Waals surface area contributed by atoms with Gasteiger partial charge in [0, 0.05) is 18.0 Å². The van der Waals surface area contributed by atoms with Gasteiger partial charge in [0.05, 0.1) is 11.5 Å². The lowest BCUT2D eigenvalue weighted by atomic mass is 10.1. The van der Waals surface area contributed by atoms with Crippen molar-refractivity contribution in [2.24, 2.45) is 0 Å². The molecule has 0 spiro atoms. The minimum absolute atomic E-state index is 0.0495. The van der Waals surface area contributed by atoms with Crippen LogP contribution in [0, 0.1) is 0 Å². The van der Waals surface area contributed by atoms with Gasteiger partial charge >= 0.3 is 0 Å². The summed E-state index contributed by atoms with van der Waals surface area (Å²) >= 11 is 1.67. The molecule has 0 saturated carbocycles. The van der Waals surface area contributed by atoms with E-state index in [-0.39, 0.29) is 5.56 Å². The Morgan fingerprint density at radius 3 is 2.79 bits per heavy atom. The van der Waals surface area contributed by atoms with Gasteiger partial charge < -0.3 is 10.4 Å². The average molecular weight is 398 g/mol. The van der Waals surface area contributed by atoms with Gasteiger partial charge in [0.2, 0.25) is 5.95 Å². The van der Waals surface area contributed by atoms with Crippen LogP contribution in [0.3, 0.4) is 0 Å². The van der Waals surface area contributed by atoms with Gasteiger partial charge in [-0.3, -0.25) is 9.36 Å². The summed E-state index contributed by atoms with van der Waals surface area (Å²) in [7, 11) is 0. The fraction of sp³-hybridized carbons (Fsp3) is 0.455. The van der Waals surface area contributed by atoms with Crippen molar-refractivity contribution in [1.82, 2.24) is 9.55 Å². The van der Waals surface area contributed by atoms with Gasteiger partial charge in [-0.2, -0.15) is 0 Å². The number of thiophene rings is 1. The molecular weight excluding hydrogens is 370 g/mol. The lowest BCUT2D eigenvalue weighted by Gasteiger charge is -2.15. The molecule has 2 aromatic heterocycles. The number of aliphatic hydroxyl groups excluding tert-OH is 1. The molecule has 0 radical (unpaired) electrons. The molecule has 3 aromatic rings. The van der Waals surface area contributed by atoms with Gasteiger partial charge in [0.25, 0.3) is 5.56 Å². The molecule has 5 nitrogen and oxygen atoms in total. The van der Waals surface area contributed by atoms with Crippen molar-refractivity contribution in [3.05, 3.63) is 56.7 Å². The van der Waals surface area contributed by atoms with Crippen molar-refractivity contribution >= 4 is 27.5 Å². The number of hydrogen-bond donors (Lipinski definition) is 2. The minimum Gasteiger partial charge on any atom is -0.392 e. The second-order valence-electron chi connectivity index (χ2n) is 7.60. The highest BCUT2D eigenvalue weighted by atomic mass is 32.1. The zero-order chi connectivity index (χ0) is 19.5. The maximum atomic E-state index is 13.5. The van der Waals surface area contributed by atoms with Crippen LogP contribution < -0.4 is 10.9 Å². The van der Waals surface area contributed by atoms with Gasteiger partial charge in [0.1, 0.15) is 4.83 Å². The number of aryl methyl sites for hydroxylation is 3. The van der Waals surface area contributed by atoms with Crippen LogP contribution in [-0.2, 0) is 25.8 Å². The fourth-order valence-corrected chi connectivity index (χ4v) is 5.13. The van der Waals surface area contributed by atoms with E-state index in [1.165, 1.54) is 28.8 Å². The van der Waals surface area contributed by atoms with E-state index in [4.69, 9.17) is 4.98 Å². The van der Waals surface area contributed by atoms with E-state index in [2.05, 4.69) is 17.4 Å². The first kappa shape index (κ1) is 19.2. The molecule has 2 N–H and O–H groups in total. The summed E-state index contributed by atoms with van der Waals surface area (Å²) < 4.78 is 1.76. The first-order valence-corrected chi connectivity index (χ1v) is 11.0. The number of nitrogens with zero attached hydrogens (tertiary/aromatic N) is 2. The van der Waals surface area contributed by atoms with Gasteiger partial charge in [-0.15, -0.1) is 11.3 Å². The number of aromatic nitrogens is 2. The Balaban J connectivity index is 1.76. The fourth-order valence-electron chi connectivity index (χ4n) is 3.88. The van der Waals surface area contributed by atoms with Crippen molar-refractivity contribution < 1.29 is 5.11 Å². The van der Waals surface area contributed by atoms with Gasteiger partial charge in [0.15, 0.2) is 0 Å². The molecule has 2 heterocycles. The summed E-state index contributed by atoms with van der Waals surface area (Å²) in [4.78, 5) is 20.5. The van der Waals surface area contributed by atoms with Crippen molar-refractivity contribution in [3.63, 3.8) is 0 Å². The molecule has 0 amide bonds. The first-order valence-electron chi connectivity index (χ1n) is 10.1. The summed E-state index contributed by atoms with van der Waals surface area (Å²) in [5.41, 5.74) is 2.47. The van der Waals surface area contributed by atoms with Crippen LogP contribution in [0.2, 0.25) is 0 Å². The van der Waals surface area contributed by atoms with Crippen LogP contribution >= 0.6 is 11.3 Å². The minimum atomic E-state index is -0.504. The van der Waals surface area contributed by atoms with Crippen molar-refractivity contribution in [3.8, 4) is 0 Å². The third-order valence-corrected chi connectivity index (χ3v) is 6.53. The van der Waals surface area contributed by atoms with Crippen LogP contribution in [0.5, 0.6) is 0 Å². The molecule has 6 heteroatoms. The molecule has 148 valence electrons. The Labute approximate surface area is 169 Å². The van der Waals surface area contributed by atoms with E-state index < -0.39 is 6.10 Å². The molecule has 0 bridgehead atoms. The van der Waals surface area contributed by atoms with Crippen LogP contribution in [-0.4, -0.2) is 27.3 Å². The lowest BCUT2D eigenvalue weighted by molar-refractivity contribution is 0.208. The number of fused-ring (bicyclic) bond motifs is 3. The zero-order valence-corrected chi connectivity index (χ0v) is 17.1. The largest absolute Gasteiger partial charge is 0.392 e. The standard InChI is InChI=1S/C22H27N3O2S/c1-15(26)14-23-22-24-20-19(17-10-6-3-7-11-18(17)28-20)21(27)25(22)13-12-16-8-4-2-5-9-16/h2,4-5,8-9,15,26H,3,6-7,10-14H2,1H3,(H,23,24)/t15-/m1/s1. The Hall–Kier alpha value is -2.18. The number of nitrogens with one attached hydrogen (secondary N) is 1. The summed E-state index contributed by atoms with van der Waals surface area (Å²) in [5, 5.41) is 13.7. The van der Waals surface area contributed by atoms with Gasteiger partial charge in [-0.25, -0.2) is 4.98 Å². The second-order valence-corrected chi connectivity index (χ2v) is 8.69. The molecular formula is C22H27N3O2S. The van der Waals surface area contributed by atoms with Crippen LogP contribution in [0.1, 0.15) is 42.2 Å². The van der Waals surface area contributed by atoms with Crippen molar-refractivity contribution in [1.29, 1.82) is 0 Å². The number of anilines is 1. The monoisotopic (exact) mass is 397 g/mol. The highest BCUT2D eigenvalue weighted by Gasteiger charge is 2.21. The number of hydrogen-bond acceptors (Lipinski definition) is 5. The maximum absolute atomic E-state index is 13.5. The lowest BCUT2D eigenvalue weighted by Crippen LogP contribution is -2.28. The Morgan fingerprint density at radius 1 is 1.21 bits per heavy atom. The Kier molecular flexibility index (Phi) is 5.78. The third-order valence-electron chi connectivity index (χ3n) is 5.35. The highest BCUT2D eigenvalue weighted by molar-refractivity contribution is 7.18. The van der Waals surface area contributed by atoms with E-state index in [9.17, 15) is 9.90 Å². The third kappa shape index (κ3) is 3.98. The molecule has 1 aliphatic rings. The number of rotatable bonds is 6. The van der Waals surface area contributed by atoms with Crippen LogP contribution in [0.15, 0.2) is 35.1 Å². The quantitative estimate of drug-likeness (QED) is 0.622. The average Bonchev–Trinajstić information content (AvgIpc) is 2.88. The van der Waals surface area contributed by atoms with E-state index in [0.717, 1.165) is 35.9 Å². The second kappa shape index (κ2) is 8.45. The van der Waals surface area contributed by atoms with E-state index in [1.807, 2.05) is 18.2 Å². The Bertz CT molecular complexity index is 1010. The number of aliphatic hydroxyl groups is 1. The predicted molar refractivity (Wildman–Crippen MR) is 115 cm³/mol. The van der Waals surface area contributed by atoms with Crippen molar-refractivity contribution in [2.75, 3.05) is 11.9 Å². The van der Waals surface area contributed by atoms with E-state index >= 15 is 0 Å². The van der Waals surface area contributed by atoms with E-state index in [1.54, 1.807) is 22.8 Å². The molecule has 0 saturated heterocycles. The number of benzene rings is 1. The Morgan fingerprint density at radius 2 is 2.00 bits per heavy atom. The molecule has 1 aliphatic carbocycles. The normalized spacial score (nSPS) is 15.2. The summed E-state index contributed by atoms with van der Waals surface area (Å²) in [6, 6.07) is 10.2. The zero-order valence-electron chi connectivity index (χ0n) is 16.3. The van der Waals surface area contributed by atoms with Gasteiger partial charge in [-0.05, 0) is 50.2 Å². The molecule has 4 rings (SSSR count). The predicted octanol–water partition coefficient (Wildman–Crippen LogP) is 3.76. The van der Waals surface area contributed by atoms with Crippen molar-refractivity contribution in [2.45, 2.75) is 58.1 Å². The molecule has 1 atom stereocenters. The first-order chi connectivity index (χ1) is 13.6. The summed E-state index contributed by atoms with van der Waals surface area (Å²) in [6.07, 6.45) is 5.85. The van der Waals surface area contributed by atoms with Crippen LogP contribution in [0.4, 0.5) is 5.95 Å². The smallest absolute Gasteiger partial charge is 0.263 e. The molecule has 28 heavy (non-hydrogen) atoms. The van der Waals surface area contributed by atoms with Crippen LogP contribution in [0.25, 0.3) is 10.2 Å². The summed E-state index contributed by atoms with van der Waals surface area (Å²) in [5.74, 6) is 0.561. The SMILES string of the molecule is C[C@@H](O)CNc1nc2sc3c(c2c(=O)n1CCc1ccccc1)CCCCC3.